The maximum atomic E-state index is 10.0. The SMILES string of the molecule is C[C@@H](O)c1nccc([N+]2(c3ccnc([C@@H](C)O)n3)CCC(C3CCNCC3)CC2)n1. The summed E-state index contributed by atoms with van der Waals surface area (Å²) in [7, 11) is 0. The van der Waals surface area contributed by atoms with Gasteiger partial charge in [-0.2, -0.15) is 9.97 Å². The van der Waals surface area contributed by atoms with Gasteiger partial charge in [-0.15, -0.1) is 0 Å². The van der Waals surface area contributed by atoms with Gasteiger partial charge in [-0.1, -0.05) is 0 Å². The number of rotatable bonds is 5. The van der Waals surface area contributed by atoms with E-state index in [1.807, 2.05) is 12.1 Å². The highest BCUT2D eigenvalue weighted by atomic mass is 16.3. The summed E-state index contributed by atoms with van der Waals surface area (Å²) in [6, 6.07) is 3.86. The summed E-state index contributed by atoms with van der Waals surface area (Å²) in [5.74, 6) is 4.05. The average Bonchev–Trinajstić information content (AvgIpc) is 2.80. The van der Waals surface area contributed by atoms with Crippen molar-refractivity contribution in [3.63, 3.8) is 0 Å². The molecule has 0 unspecified atom stereocenters. The van der Waals surface area contributed by atoms with Crippen LogP contribution in [0.25, 0.3) is 0 Å². The third kappa shape index (κ3) is 4.23. The molecule has 162 valence electrons. The molecule has 2 saturated heterocycles. The molecule has 30 heavy (non-hydrogen) atoms. The minimum atomic E-state index is -0.726. The molecule has 0 saturated carbocycles. The molecule has 4 heterocycles. The number of hydrogen-bond donors (Lipinski definition) is 3. The third-order valence-corrected chi connectivity index (χ3v) is 6.76. The van der Waals surface area contributed by atoms with Gasteiger partial charge in [0.25, 0.3) is 0 Å². The number of aliphatic hydroxyl groups is 2. The monoisotopic (exact) mass is 413 g/mol. The Kier molecular flexibility index (Phi) is 6.38. The second kappa shape index (κ2) is 9.01. The molecule has 2 aliphatic heterocycles. The fourth-order valence-corrected chi connectivity index (χ4v) is 5.00. The van der Waals surface area contributed by atoms with Crippen molar-refractivity contribution < 1.29 is 10.2 Å². The zero-order valence-electron chi connectivity index (χ0n) is 17.9. The highest BCUT2D eigenvalue weighted by Gasteiger charge is 2.43. The number of nitrogens with one attached hydrogen (secondary N) is 1. The van der Waals surface area contributed by atoms with Gasteiger partial charge >= 0.3 is 0 Å². The van der Waals surface area contributed by atoms with E-state index in [0.29, 0.717) is 16.1 Å². The van der Waals surface area contributed by atoms with Crippen LogP contribution in [0.4, 0.5) is 11.6 Å². The Balaban J connectivity index is 1.69. The van der Waals surface area contributed by atoms with Gasteiger partial charge in [0.1, 0.15) is 12.2 Å². The van der Waals surface area contributed by atoms with Crippen molar-refractivity contribution in [1.82, 2.24) is 29.7 Å². The first-order valence-corrected chi connectivity index (χ1v) is 11.1. The number of aromatic nitrogens is 4. The van der Waals surface area contributed by atoms with Gasteiger partial charge in [0, 0.05) is 37.4 Å². The summed E-state index contributed by atoms with van der Waals surface area (Å²) in [6.07, 6.45) is 6.71. The maximum Gasteiger partial charge on any atom is 0.237 e. The van der Waals surface area contributed by atoms with Gasteiger partial charge in [-0.3, -0.25) is 0 Å². The topological polar surface area (TPSA) is 104 Å². The van der Waals surface area contributed by atoms with Crippen molar-refractivity contribution in [2.45, 2.75) is 51.7 Å². The fourth-order valence-electron chi connectivity index (χ4n) is 5.00. The highest BCUT2D eigenvalue weighted by Crippen LogP contribution is 2.41. The van der Waals surface area contributed by atoms with Crippen molar-refractivity contribution in [3.8, 4) is 0 Å². The third-order valence-electron chi connectivity index (χ3n) is 6.76. The van der Waals surface area contributed by atoms with E-state index in [9.17, 15) is 10.2 Å². The Morgan fingerprint density at radius 2 is 1.30 bits per heavy atom. The molecule has 2 aromatic rings. The molecule has 2 fully saturated rings. The Hall–Kier alpha value is -2.00. The van der Waals surface area contributed by atoms with Crippen LogP contribution in [0.5, 0.6) is 0 Å². The van der Waals surface area contributed by atoms with E-state index < -0.39 is 12.2 Å². The lowest BCUT2D eigenvalue weighted by Crippen LogP contribution is -2.52. The van der Waals surface area contributed by atoms with Crippen LogP contribution in [0.15, 0.2) is 24.5 Å². The predicted octanol–water partition coefficient (Wildman–Crippen LogP) is 2.42. The summed E-state index contributed by atoms with van der Waals surface area (Å²) in [4.78, 5) is 18.0. The quantitative estimate of drug-likeness (QED) is 0.647. The molecule has 2 aromatic heterocycles. The summed E-state index contributed by atoms with van der Waals surface area (Å²) in [6.45, 7) is 7.39. The minimum absolute atomic E-state index is 0.426. The Morgan fingerprint density at radius 3 is 1.77 bits per heavy atom. The molecule has 8 nitrogen and oxygen atoms in total. The van der Waals surface area contributed by atoms with Gasteiger partial charge in [-0.25, -0.2) is 14.5 Å². The molecule has 0 aromatic carbocycles. The highest BCUT2D eigenvalue weighted by molar-refractivity contribution is 5.50. The van der Waals surface area contributed by atoms with Crippen LogP contribution < -0.4 is 9.80 Å². The van der Waals surface area contributed by atoms with Crippen molar-refractivity contribution in [2.75, 3.05) is 26.2 Å². The van der Waals surface area contributed by atoms with Gasteiger partial charge < -0.3 is 15.5 Å². The second-order valence-corrected chi connectivity index (χ2v) is 8.74. The summed E-state index contributed by atoms with van der Waals surface area (Å²) in [5, 5.41) is 23.5. The van der Waals surface area contributed by atoms with E-state index >= 15 is 0 Å². The van der Waals surface area contributed by atoms with E-state index in [0.717, 1.165) is 62.5 Å². The molecule has 0 radical (unpaired) electrons. The Labute approximate surface area is 178 Å². The van der Waals surface area contributed by atoms with Crippen molar-refractivity contribution >= 4 is 11.6 Å². The lowest BCUT2D eigenvalue weighted by atomic mass is 9.78. The van der Waals surface area contributed by atoms with Gasteiger partial charge in [0.2, 0.25) is 11.6 Å². The molecule has 2 aliphatic rings. The summed E-state index contributed by atoms with van der Waals surface area (Å²) in [5.41, 5.74) is 0. The minimum Gasteiger partial charge on any atom is -0.385 e. The number of nitrogens with zero attached hydrogens (tertiary/aromatic N) is 5. The molecule has 4 rings (SSSR count). The second-order valence-electron chi connectivity index (χ2n) is 8.74. The van der Waals surface area contributed by atoms with Crippen LogP contribution in [0.1, 0.15) is 63.4 Å². The molecule has 2 atom stereocenters. The van der Waals surface area contributed by atoms with Gasteiger partial charge in [0.05, 0.1) is 13.1 Å². The molecule has 0 bridgehead atoms. The lowest BCUT2D eigenvalue weighted by Gasteiger charge is -2.43. The number of aliphatic hydroxyl groups excluding tert-OH is 2. The zero-order chi connectivity index (χ0) is 21.1. The number of quaternary nitrogens is 1. The first-order valence-electron chi connectivity index (χ1n) is 11.1. The smallest absolute Gasteiger partial charge is 0.237 e. The van der Waals surface area contributed by atoms with Crippen LogP contribution in [0, 0.1) is 11.8 Å². The molecule has 0 amide bonds. The Morgan fingerprint density at radius 1 is 0.833 bits per heavy atom. The van der Waals surface area contributed by atoms with Gasteiger partial charge in [0.15, 0.2) is 11.6 Å². The molecule has 3 N–H and O–H groups in total. The van der Waals surface area contributed by atoms with E-state index in [1.54, 1.807) is 26.2 Å². The van der Waals surface area contributed by atoms with Crippen LogP contribution in [0.2, 0.25) is 0 Å². The van der Waals surface area contributed by atoms with Crippen LogP contribution in [0.3, 0.4) is 0 Å². The normalized spacial score (nSPS) is 22.5. The van der Waals surface area contributed by atoms with Crippen LogP contribution in [-0.2, 0) is 0 Å². The van der Waals surface area contributed by atoms with Crippen LogP contribution in [-0.4, -0.2) is 56.3 Å². The molecular formula is C22H33N6O2+. The summed E-state index contributed by atoms with van der Waals surface area (Å²) < 4.78 is 0.506. The van der Waals surface area contributed by atoms with E-state index in [1.165, 1.54) is 12.8 Å². The van der Waals surface area contributed by atoms with E-state index in [2.05, 4.69) is 15.3 Å². The molecular weight excluding hydrogens is 380 g/mol. The predicted molar refractivity (Wildman–Crippen MR) is 115 cm³/mol. The molecule has 0 aliphatic carbocycles. The average molecular weight is 414 g/mol. The lowest BCUT2D eigenvalue weighted by molar-refractivity contribution is 0.158. The van der Waals surface area contributed by atoms with Crippen molar-refractivity contribution in [2.24, 2.45) is 11.8 Å². The number of hydrogen-bond acceptors (Lipinski definition) is 7. The molecule has 0 spiro atoms. The fraction of sp³-hybridized carbons (Fsp3) is 0.636. The van der Waals surface area contributed by atoms with Gasteiger partial charge in [-0.05, 0) is 51.6 Å². The summed E-state index contributed by atoms with van der Waals surface area (Å²) >= 11 is 0. The maximum absolute atomic E-state index is 10.0. The largest absolute Gasteiger partial charge is 0.385 e. The zero-order valence-corrected chi connectivity index (χ0v) is 17.9. The van der Waals surface area contributed by atoms with Crippen molar-refractivity contribution in [3.05, 3.63) is 36.2 Å². The first kappa shape index (κ1) is 21.2. The van der Waals surface area contributed by atoms with Crippen molar-refractivity contribution in [1.29, 1.82) is 0 Å². The Bertz CT molecular complexity index is 792. The van der Waals surface area contributed by atoms with E-state index in [-0.39, 0.29) is 0 Å². The van der Waals surface area contributed by atoms with E-state index in [4.69, 9.17) is 9.97 Å². The first-order chi connectivity index (χ1) is 14.5. The van der Waals surface area contributed by atoms with Crippen LogP contribution >= 0.6 is 0 Å². The number of piperidine rings is 2. The standard InChI is InChI=1S/C22H33N6O2/c1-15(29)21-24-11-5-19(26-21)28(20-6-12-25-22(27-20)16(2)30)13-7-18(8-14-28)17-3-9-23-10-4-17/h5-6,11-12,15-18,23,29-30H,3-4,7-10,13-14H2,1-2H3/q+1/t15-,16-/m1/s1. The molecule has 8 heteroatoms.